The lowest BCUT2D eigenvalue weighted by Gasteiger charge is -2.35. The van der Waals surface area contributed by atoms with Crippen molar-refractivity contribution in [2.45, 2.75) is 36.8 Å². The summed E-state index contributed by atoms with van der Waals surface area (Å²) in [5.74, 6) is -0.556. The average Bonchev–Trinajstić information content (AvgIpc) is 2.84. The molecule has 3 heterocycles. The summed E-state index contributed by atoms with van der Waals surface area (Å²) in [5.41, 5.74) is 1.20. The highest BCUT2D eigenvalue weighted by atomic mass is 32.2. The monoisotopic (exact) mass is 500 g/mol. The fourth-order valence-corrected chi connectivity index (χ4v) is 4.50. The zero-order valence-corrected chi connectivity index (χ0v) is 20.1. The molecular formula is C24H25FN4O5S. The zero-order valence-electron chi connectivity index (χ0n) is 19.3. The lowest BCUT2D eigenvalue weighted by molar-refractivity contribution is -0.113. The summed E-state index contributed by atoms with van der Waals surface area (Å²) in [7, 11) is -3.54. The number of piperidine rings is 1. The Labute approximate surface area is 202 Å². The minimum absolute atomic E-state index is 0.106. The first kappa shape index (κ1) is 24.7. The summed E-state index contributed by atoms with van der Waals surface area (Å²) in [6.07, 6.45) is 6.07. The van der Waals surface area contributed by atoms with E-state index in [0.29, 0.717) is 43.1 Å². The molecule has 0 N–H and O–H groups in total. The molecule has 0 bridgehead atoms. The largest absolute Gasteiger partial charge is 0.474 e. The molecule has 0 spiro atoms. The van der Waals surface area contributed by atoms with E-state index in [1.807, 2.05) is 18.2 Å². The third-order valence-electron chi connectivity index (χ3n) is 5.80. The van der Waals surface area contributed by atoms with Crippen molar-refractivity contribution in [1.82, 2.24) is 19.9 Å². The van der Waals surface area contributed by atoms with Gasteiger partial charge in [-0.05, 0) is 50.1 Å². The van der Waals surface area contributed by atoms with Gasteiger partial charge in [0.15, 0.2) is 21.4 Å². The van der Waals surface area contributed by atoms with E-state index in [1.54, 1.807) is 13.1 Å². The van der Waals surface area contributed by atoms with Crippen LogP contribution < -0.4 is 9.47 Å². The first-order valence-corrected chi connectivity index (χ1v) is 12.9. The highest BCUT2D eigenvalue weighted by molar-refractivity contribution is 7.90. The number of ether oxygens (including phenoxy) is 2. The zero-order chi connectivity index (χ0) is 25.0. The number of carbonyl (C=O) groups is 1. The molecule has 184 valence electrons. The van der Waals surface area contributed by atoms with Gasteiger partial charge < -0.3 is 14.3 Å². The Kier molecular flexibility index (Phi) is 7.37. The lowest BCUT2D eigenvalue weighted by Crippen LogP contribution is -2.41. The van der Waals surface area contributed by atoms with E-state index in [-0.39, 0.29) is 22.6 Å². The predicted molar refractivity (Wildman–Crippen MR) is 125 cm³/mol. The maximum Gasteiger partial charge on any atom is 0.229 e. The van der Waals surface area contributed by atoms with Crippen molar-refractivity contribution in [3.8, 4) is 17.5 Å². The van der Waals surface area contributed by atoms with Crippen LogP contribution in [0.15, 0.2) is 53.8 Å². The first-order chi connectivity index (χ1) is 16.8. The number of benzene rings is 1. The Bertz CT molecular complexity index is 1300. The van der Waals surface area contributed by atoms with Crippen molar-refractivity contribution in [3.63, 3.8) is 0 Å². The van der Waals surface area contributed by atoms with Crippen LogP contribution in [0.5, 0.6) is 17.5 Å². The number of nitrogens with zero attached hydrogens (tertiary/aromatic N) is 4. The van der Waals surface area contributed by atoms with E-state index in [2.05, 4.69) is 19.9 Å². The predicted octanol–water partition coefficient (Wildman–Crippen LogP) is 3.30. The molecule has 1 fully saturated rings. The topological polar surface area (TPSA) is 112 Å². The van der Waals surface area contributed by atoms with Gasteiger partial charge in [-0.1, -0.05) is 6.07 Å². The van der Waals surface area contributed by atoms with E-state index in [0.717, 1.165) is 18.6 Å². The standard InChI is InChI=1S/C24H25FN4O5S/c1-16-23(27-15-28-24(16)34-22-7-6-18(13-19(22)25)35(2,31)32)33-17-8-11-29(12-9-17)21(14-30)20-5-3-4-10-26-20/h3-7,10,13-15,17,21H,8-9,11-12H2,1-2H3. The number of rotatable bonds is 8. The van der Waals surface area contributed by atoms with Gasteiger partial charge in [0.1, 0.15) is 24.8 Å². The molecule has 1 unspecified atom stereocenters. The number of hydrogen-bond acceptors (Lipinski definition) is 9. The number of aldehydes is 1. The van der Waals surface area contributed by atoms with Crippen molar-refractivity contribution >= 4 is 16.1 Å². The number of carbonyl (C=O) groups excluding carboxylic acids is 1. The molecule has 11 heteroatoms. The van der Waals surface area contributed by atoms with Gasteiger partial charge in [-0.25, -0.2) is 22.8 Å². The van der Waals surface area contributed by atoms with Crippen molar-refractivity contribution in [2.24, 2.45) is 0 Å². The summed E-state index contributed by atoms with van der Waals surface area (Å²) in [5, 5.41) is 0. The van der Waals surface area contributed by atoms with E-state index in [4.69, 9.17) is 9.47 Å². The molecule has 1 saturated heterocycles. The van der Waals surface area contributed by atoms with Crippen molar-refractivity contribution in [3.05, 3.63) is 66.0 Å². The molecule has 1 aromatic carbocycles. The number of pyridine rings is 1. The minimum atomic E-state index is -3.54. The molecule has 35 heavy (non-hydrogen) atoms. The molecule has 0 saturated carbocycles. The van der Waals surface area contributed by atoms with Crippen molar-refractivity contribution in [2.75, 3.05) is 19.3 Å². The van der Waals surface area contributed by atoms with Gasteiger partial charge in [-0.2, -0.15) is 0 Å². The molecule has 9 nitrogen and oxygen atoms in total. The Morgan fingerprint density at radius 2 is 1.86 bits per heavy atom. The van der Waals surface area contributed by atoms with E-state index in [1.165, 1.54) is 18.5 Å². The second-order valence-corrected chi connectivity index (χ2v) is 10.3. The molecule has 0 aliphatic carbocycles. The molecule has 1 atom stereocenters. The van der Waals surface area contributed by atoms with Crippen LogP contribution in [-0.2, 0) is 14.6 Å². The summed E-state index contributed by atoms with van der Waals surface area (Å²) in [6.45, 7) is 3.00. The van der Waals surface area contributed by atoms with Gasteiger partial charge >= 0.3 is 0 Å². The van der Waals surface area contributed by atoms with Crippen molar-refractivity contribution in [1.29, 1.82) is 0 Å². The molecule has 2 aromatic heterocycles. The van der Waals surface area contributed by atoms with E-state index < -0.39 is 21.7 Å². The normalized spacial score (nSPS) is 16.0. The molecular weight excluding hydrogens is 475 g/mol. The van der Waals surface area contributed by atoms with Gasteiger partial charge in [0.2, 0.25) is 11.8 Å². The minimum Gasteiger partial charge on any atom is -0.474 e. The Hall–Kier alpha value is -3.44. The maximum absolute atomic E-state index is 14.4. The van der Waals surface area contributed by atoms with E-state index >= 15 is 0 Å². The second kappa shape index (κ2) is 10.4. The number of sulfone groups is 1. The number of hydrogen-bond donors (Lipinski definition) is 0. The molecule has 3 aromatic rings. The van der Waals surface area contributed by atoms with Gasteiger partial charge in [0.25, 0.3) is 0 Å². The lowest BCUT2D eigenvalue weighted by atomic mass is 10.0. The van der Waals surface area contributed by atoms with Crippen LogP contribution in [-0.4, -0.2) is 60.0 Å². The average molecular weight is 501 g/mol. The number of aromatic nitrogens is 3. The summed E-state index contributed by atoms with van der Waals surface area (Å²) in [6, 6.07) is 8.53. The van der Waals surface area contributed by atoms with Crippen LogP contribution in [0.1, 0.15) is 30.1 Å². The fourth-order valence-electron chi connectivity index (χ4n) is 3.86. The van der Waals surface area contributed by atoms with Gasteiger partial charge in [-0.15, -0.1) is 0 Å². The number of likely N-dealkylation sites (tertiary alicyclic amines) is 1. The third kappa shape index (κ3) is 5.80. The molecule has 4 rings (SSSR count). The van der Waals surface area contributed by atoms with Crippen LogP contribution in [0, 0.1) is 12.7 Å². The van der Waals surface area contributed by atoms with Gasteiger partial charge in [0, 0.05) is 25.5 Å². The highest BCUT2D eigenvalue weighted by Gasteiger charge is 2.28. The summed E-state index contributed by atoms with van der Waals surface area (Å²) < 4.78 is 49.4. The SMILES string of the molecule is Cc1c(Oc2ccc(S(C)(=O)=O)cc2F)ncnc1OC1CCN(C(C=O)c2ccccn2)CC1. The van der Waals surface area contributed by atoms with Crippen LogP contribution in [0.3, 0.4) is 0 Å². The smallest absolute Gasteiger partial charge is 0.229 e. The Morgan fingerprint density at radius 3 is 2.49 bits per heavy atom. The summed E-state index contributed by atoms with van der Waals surface area (Å²) >= 11 is 0. The van der Waals surface area contributed by atoms with Crippen LogP contribution >= 0.6 is 0 Å². The fraction of sp³-hybridized carbons (Fsp3) is 0.333. The molecule has 0 radical (unpaired) electrons. The van der Waals surface area contributed by atoms with Crippen LogP contribution in [0.25, 0.3) is 0 Å². The maximum atomic E-state index is 14.4. The van der Waals surface area contributed by atoms with Gasteiger partial charge in [0.05, 0.1) is 16.2 Å². The molecule has 1 aliphatic heterocycles. The Morgan fingerprint density at radius 1 is 1.11 bits per heavy atom. The third-order valence-corrected chi connectivity index (χ3v) is 6.91. The van der Waals surface area contributed by atoms with E-state index in [9.17, 15) is 17.6 Å². The molecule has 1 aliphatic rings. The summed E-state index contributed by atoms with van der Waals surface area (Å²) in [4.78, 5) is 26.2. The Balaban J connectivity index is 1.41. The van der Waals surface area contributed by atoms with Crippen LogP contribution in [0.4, 0.5) is 4.39 Å². The second-order valence-electron chi connectivity index (χ2n) is 8.26. The van der Waals surface area contributed by atoms with Gasteiger partial charge in [-0.3, -0.25) is 9.88 Å². The van der Waals surface area contributed by atoms with Crippen molar-refractivity contribution < 1.29 is 27.1 Å². The quantitative estimate of drug-likeness (QED) is 0.430. The highest BCUT2D eigenvalue weighted by Crippen LogP contribution is 2.31. The number of halogens is 1. The molecule has 0 amide bonds. The first-order valence-electron chi connectivity index (χ1n) is 11.0. The van der Waals surface area contributed by atoms with Crippen LogP contribution in [0.2, 0.25) is 0 Å².